The number of carbonyl (C=O) groups excluding carboxylic acids is 1. The number of aryl methyl sites for hydroxylation is 2. The number of benzene rings is 3. The molecule has 8 nitrogen and oxygen atoms in total. The van der Waals surface area contributed by atoms with E-state index in [0.717, 1.165) is 26.7 Å². The minimum atomic E-state index is -0.691. The van der Waals surface area contributed by atoms with E-state index in [1.165, 1.54) is 18.2 Å². The van der Waals surface area contributed by atoms with E-state index in [9.17, 15) is 20.2 Å². The van der Waals surface area contributed by atoms with Crippen LogP contribution in [0.1, 0.15) is 47.4 Å². The number of hydrogen-bond acceptors (Lipinski definition) is 7. The number of hydrogen-bond donors (Lipinski definition) is 1. The second kappa shape index (κ2) is 11.4. The molecule has 1 heterocycles. The maximum atomic E-state index is 13.6. The summed E-state index contributed by atoms with van der Waals surface area (Å²) < 4.78 is 7.00. The molecule has 10 heteroatoms. The van der Waals surface area contributed by atoms with E-state index < -0.39 is 10.8 Å². The van der Waals surface area contributed by atoms with E-state index in [-0.39, 0.29) is 33.6 Å². The third-order valence-corrected chi connectivity index (χ3v) is 8.39. The zero-order valence-electron chi connectivity index (χ0n) is 22.4. The third-order valence-electron chi connectivity index (χ3n) is 7.54. The molecule has 0 saturated heterocycles. The summed E-state index contributed by atoms with van der Waals surface area (Å²) in [5.41, 5.74) is 11.7. The van der Waals surface area contributed by atoms with Gasteiger partial charge < -0.3 is 10.5 Å². The normalized spacial score (nSPS) is 16.9. The molecular formula is C31H26BrClN4O4. The lowest BCUT2D eigenvalue weighted by Gasteiger charge is -2.40. The first-order valence-electron chi connectivity index (χ1n) is 13.0. The third kappa shape index (κ3) is 5.33. The second-order valence-electron chi connectivity index (χ2n) is 10.1. The van der Waals surface area contributed by atoms with Crippen LogP contribution >= 0.6 is 27.5 Å². The Morgan fingerprint density at radius 1 is 1.15 bits per heavy atom. The highest BCUT2D eigenvalue weighted by atomic mass is 79.9. The van der Waals surface area contributed by atoms with Crippen LogP contribution in [0.3, 0.4) is 0 Å². The molecule has 0 spiro atoms. The Morgan fingerprint density at radius 2 is 1.88 bits per heavy atom. The molecule has 0 amide bonds. The number of ether oxygens (including phenoxy) is 1. The highest BCUT2D eigenvalue weighted by molar-refractivity contribution is 9.10. The molecule has 0 radical (unpaired) electrons. The van der Waals surface area contributed by atoms with Gasteiger partial charge in [-0.25, -0.2) is 0 Å². The number of nitro benzene ring substituents is 1. The number of allylic oxidation sites excluding steroid dienone is 3. The Morgan fingerprint density at radius 3 is 2.56 bits per heavy atom. The molecule has 208 valence electrons. The molecule has 5 rings (SSSR count). The molecule has 3 aromatic carbocycles. The minimum absolute atomic E-state index is 0.0873. The number of Topliss-reactive ketones (excluding diaryl/α,β-unsaturated/α-hetero) is 1. The summed E-state index contributed by atoms with van der Waals surface area (Å²) >= 11 is 9.95. The van der Waals surface area contributed by atoms with Crippen LogP contribution in [0.15, 0.2) is 81.7 Å². The van der Waals surface area contributed by atoms with Crippen molar-refractivity contribution in [1.29, 1.82) is 5.26 Å². The van der Waals surface area contributed by atoms with Gasteiger partial charge in [0.05, 0.1) is 33.2 Å². The highest BCUT2D eigenvalue weighted by Gasteiger charge is 2.41. The largest absolute Gasteiger partial charge is 0.489 e. The standard InChI is InChI=1S/C31H26BrClN4O4/c1-17-12-18(2)23(13-19(17)16-41-22-9-6-20(32)7-10-22)29-24(15-34)31(35)36(26-4-3-5-28(38)30(26)29)27-14-21(37(39)40)8-11-25(27)33/h6-14,29H,3-5,16,35H2,1-2H3. The lowest BCUT2D eigenvalue weighted by Crippen LogP contribution is -2.39. The van der Waals surface area contributed by atoms with E-state index in [4.69, 9.17) is 22.1 Å². The van der Waals surface area contributed by atoms with Gasteiger partial charge in [0, 0.05) is 34.3 Å². The molecule has 3 aromatic rings. The monoisotopic (exact) mass is 632 g/mol. The van der Waals surface area contributed by atoms with Crippen molar-refractivity contribution in [3.05, 3.63) is 119 Å². The lowest BCUT2D eigenvalue weighted by atomic mass is 9.74. The van der Waals surface area contributed by atoms with Crippen LogP contribution in [-0.4, -0.2) is 10.7 Å². The maximum absolute atomic E-state index is 13.6. The smallest absolute Gasteiger partial charge is 0.271 e. The number of carbonyl (C=O) groups is 1. The molecule has 1 unspecified atom stereocenters. The van der Waals surface area contributed by atoms with Gasteiger partial charge in [0.1, 0.15) is 18.2 Å². The summed E-state index contributed by atoms with van der Waals surface area (Å²) in [5, 5.41) is 22.2. The van der Waals surface area contributed by atoms with Gasteiger partial charge in [-0.15, -0.1) is 0 Å². The molecule has 0 fully saturated rings. The second-order valence-corrected chi connectivity index (χ2v) is 11.4. The minimum Gasteiger partial charge on any atom is -0.489 e. The van der Waals surface area contributed by atoms with Crippen molar-refractivity contribution in [3.63, 3.8) is 0 Å². The molecule has 2 N–H and O–H groups in total. The van der Waals surface area contributed by atoms with Crippen LogP contribution in [0.4, 0.5) is 11.4 Å². The summed E-state index contributed by atoms with van der Waals surface area (Å²) in [7, 11) is 0. The summed E-state index contributed by atoms with van der Waals surface area (Å²) in [6.45, 7) is 4.24. The van der Waals surface area contributed by atoms with Gasteiger partial charge in [-0.1, -0.05) is 39.7 Å². The van der Waals surface area contributed by atoms with E-state index in [0.29, 0.717) is 42.9 Å². The molecule has 0 bridgehead atoms. The number of nitriles is 1. The number of ketones is 1. The van der Waals surface area contributed by atoms with Gasteiger partial charge in [-0.3, -0.25) is 19.8 Å². The number of anilines is 1. The Bertz CT molecular complexity index is 1690. The average molecular weight is 634 g/mol. The Hall–Kier alpha value is -4.13. The predicted molar refractivity (Wildman–Crippen MR) is 160 cm³/mol. The van der Waals surface area contributed by atoms with Crippen molar-refractivity contribution in [2.75, 3.05) is 4.90 Å². The molecule has 0 aromatic heterocycles. The lowest BCUT2D eigenvalue weighted by molar-refractivity contribution is -0.384. The number of non-ortho nitro benzene ring substituents is 1. The molecule has 2 aliphatic rings. The van der Waals surface area contributed by atoms with Gasteiger partial charge in [-0.05, 0) is 79.3 Å². The summed E-state index contributed by atoms with van der Waals surface area (Å²) in [6, 6.07) is 17.9. The number of nitrogens with zero attached hydrogens (tertiary/aromatic N) is 3. The molecular weight excluding hydrogens is 608 g/mol. The average Bonchev–Trinajstić information content (AvgIpc) is 2.94. The van der Waals surface area contributed by atoms with Gasteiger partial charge in [0.25, 0.3) is 5.69 Å². The van der Waals surface area contributed by atoms with Crippen molar-refractivity contribution in [3.8, 4) is 11.8 Å². The van der Waals surface area contributed by atoms with E-state index in [1.807, 2.05) is 50.2 Å². The zero-order chi connectivity index (χ0) is 29.4. The Kier molecular flexibility index (Phi) is 7.89. The van der Waals surface area contributed by atoms with E-state index >= 15 is 0 Å². The van der Waals surface area contributed by atoms with Gasteiger partial charge in [0.15, 0.2) is 5.78 Å². The summed E-state index contributed by atoms with van der Waals surface area (Å²) in [6.07, 6.45) is 1.41. The quantitative estimate of drug-likeness (QED) is 0.220. The van der Waals surface area contributed by atoms with E-state index in [2.05, 4.69) is 22.0 Å². The van der Waals surface area contributed by atoms with Crippen molar-refractivity contribution in [2.45, 2.75) is 45.6 Å². The highest BCUT2D eigenvalue weighted by Crippen LogP contribution is 2.48. The van der Waals surface area contributed by atoms with E-state index in [1.54, 1.807) is 4.90 Å². The topological polar surface area (TPSA) is 122 Å². The predicted octanol–water partition coefficient (Wildman–Crippen LogP) is 7.51. The Labute approximate surface area is 250 Å². The molecule has 1 aliphatic carbocycles. The van der Waals surface area contributed by atoms with Crippen LogP contribution in [0.25, 0.3) is 0 Å². The maximum Gasteiger partial charge on any atom is 0.271 e. The van der Waals surface area contributed by atoms with Crippen LogP contribution in [0.2, 0.25) is 5.02 Å². The summed E-state index contributed by atoms with van der Waals surface area (Å²) in [4.78, 5) is 26.2. The Balaban J connectivity index is 1.65. The van der Waals surface area contributed by atoms with Crippen LogP contribution in [0.5, 0.6) is 5.75 Å². The van der Waals surface area contributed by atoms with Crippen LogP contribution in [0, 0.1) is 35.3 Å². The van der Waals surface area contributed by atoms with Crippen molar-refractivity contribution in [2.24, 2.45) is 5.73 Å². The zero-order valence-corrected chi connectivity index (χ0v) is 24.8. The van der Waals surface area contributed by atoms with Crippen molar-refractivity contribution >= 4 is 44.7 Å². The first-order valence-corrected chi connectivity index (χ1v) is 14.2. The van der Waals surface area contributed by atoms with Gasteiger partial charge in [0.2, 0.25) is 0 Å². The molecule has 41 heavy (non-hydrogen) atoms. The number of nitrogens with two attached hydrogens (primary N) is 1. The number of halogens is 2. The van der Waals surface area contributed by atoms with Crippen LogP contribution < -0.4 is 15.4 Å². The fraction of sp³-hybridized carbons (Fsp3) is 0.226. The first-order chi connectivity index (χ1) is 19.6. The molecule has 1 atom stereocenters. The SMILES string of the molecule is Cc1cc(C)c(C2C(C#N)=C(N)N(c3cc([N+](=O)[O-])ccc3Cl)C3=C2C(=O)CCC3)cc1COc1ccc(Br)cc1. The molecule has 1 aliphatic heterocycles. The fourth-order valence-electron chi connectivity index (χ4n) is 5.53. The summed E-state index contributed by atoms with van der Waals surface area (Å²) in [5.74, 6) is 0.0337. The van der Waals surface area contributed by atoms with Gasteiger partial charge >= 0.3 is 0 Å². The number of rotatable bonds is 6. The van der Waals surface area contributed by atoms with Crippen molar-refractivity contribution in [1.82, 2.24) is 0 Å². The molecule has 0 saturated carbocycles. The van der Waals surface area contributed by atoms with Crippen LogP contribution in [-0.2, 0) is 11.4 Å². The van der Waals surface area contributed by atoms with Gasteiger partial charge in [-0.2, -0.15) is 5.26 Å². The first kappa shape index (κ1) is 28.4. The van der Waals surface area contributed by atoms with Crippen molar-refractivity contribution < 1.29 is 14.5 Å². The fourth-order valence-corrected chi connectivity index (χ4v) is 6.00. The number of nitro groups is 1.